The summed E-state index contributed by atoms with van der Waals surface area (Å²) in [6, 6.07) is 3.77. The van der Waals surface area contributed by atoms with E-state index in [0.717, 1.165) is 145 Å². The van der Waals surface area contributed by atoms with Crippen LogP contribution in [0, 0.1) is 0 Å². The van der Waals surface area contributed by atoms with Crippen LogP contribution < -0.4 is 16.4 Å². The van der Waals surface area contributed by atoms with Crippen molar-refractivity contribution in [1.29, 1.82) is 0 Å². The molecule has 0 heterocycles. The van der Waals surface area contributed by atoms with Crippen LogP contribution in [0.25, 0.3) is 0 Å². The van der Waals surface area contributed by atoms with Crippen molar-refractivity contribution < 1.29 is 0 Å². The third kappa shape index (κ3) is 16.2. The molecule has 6 rings (SSSR count). The zero-order valence-electron chi connectivity index (χ0n) is 38.8. The van der Waals surface area contributed by atoms with E-state index in [1.807, 2.05) is 6.07 Å². The average molecular weight is 2760 g/mol. The smallest absolute Gasteiger partial charge is 0.0781 e. The van der Waals surface area contributed by atoms with Gasteiger partial charge in [-0.1, -0.05) is 40.9 Å². The summed E-state index contributed by atoms with van der Waals surface area (Å²) in [5, 5.41) is 8.84. The fourth-order valence-corrected chi connectivity index (χ4v) is 26.5. The minimum absolute atomic E-state index is 0.232. The molecule has 32 heteroatoms. The quantitative estimate of drug-likeness (QED) is 0.0405. The number of nitrogens with one attached hydrogen (secondary N) is 2. The topological polar surface area (TPSA) is 53.3 Å². The maximum Gasteiger partial charge on any atom is 0.0781 e. The zero-order valence-corrected chi connectivity index (χ0v) is 80.8. The van der Waals surface area contributed by atoms with Gasteiger partial charge in [0.05, 0.1) is 15.1 Å². The summed E-state index contributed by atoms with van der Waals surface area (Å²) in [4.78, 5) is 2.57. The second-order valence-corrected chi connectivity index (χ2v) is 38.2. The van der Waals surface area contributed by atoms with Crippen LogP contribution in [0.15, 0.2) is 124 Å². The molecule has 0 fully saturated rings. The summed E-state index contributed by atoms with van der Waals surface area (Å²) in [6.07, 6.45) is 1.13. The van der Waals surface area contributed by atoms with Gasteiger partial charge in [0.1, 0.15) is 0 Å². The molecule has 0 spiro atoms. The highest BCUT2D eigenvalue weighted by Crippen LogP contribution is 2.57. The van der Waals surface area contributed by atoms with Gasteiger partial charge in [0.15, 0.2) is 0 Å². The van der Waals surface area contributed by atoms with E-state index in [9.17, 15) is 0 Å². The predicted molar refractivity (Wildman–Crippen MR) is 426 cm³/mol. The van der Waals surface area contributed by atoms with Crippen molar-refractivity contribution in [3.05, 3.63) is 172 Å². The summed E-state index contributed by atoms with van der Waals surface area (Å²) in [7, 11) is 0. The number of benzene rings is 6. The van der Waals surface area contributed by atoms with E-state index >= 15 is 0 Å². The lowest BCUT2D eigenvalue weighted by Crippen LogP contribution is -2.74. The van der Waals surface area contributed by atoms with Crippen molar-refractivity contribution in [2.45, 2.75) is 49.9 Å². The van der Waals surface area contributed by atoms with Gasteiger partial charge in [0.2, 0.25) is 0 Å². The molecule has 0 aliphatic carbocycles. The molecule has 1 unspecified atom stereocenters. The molecular weight excluding hydrogens is 2740 g/mol. The first kappa shape index (κ1) is 77.0. The largest absolute Gasteiger partial charge is 0.329 e. The van der Waals surface area contributed by atoms with Crippen molar-refractivity contribution in [3.8, 4) is 0 Å². The van der Waals surface area contributed by atoms with Gasteiger partial charge >= 0.3 is 0 Å². The second-order valence-electron chi connectivity index (χ2n) is 17.2. The van der Waals surface area contributed by atoms with Crippen molar-refractivity contribution in [1.82, 2.24) is 15.5 Å². The fraction of sp³-hybridized carbons (Fsp3) is 0.250. The predicted octanol–water partition coefficient (Wildman–Crippen LogP) is 29.3. The molecule has 6 aromatic carbocycles. The van der Waals surface area contributed by atoms with Gasteiger partial charge in [-0.2, -0.15) is 0 Å². The first-order chi connectivity index (χ1) is 37.3. The molecule has 1 atom stereocenters. The van der Waals surface area contributed by atoms with Gasteiger partial charge < -0.3 is 16.4 Å². The summed E-state index contributed by atoms with van der Waals surface area (Å²) in [6.45, 7) is 2.54. The molecule has 0 bridgehead atoms. The van der Waals surface area contributed by atoms with Crippen LogP contribution in [0.3, 0.4) is 0 Å². The highest BCUT2D eigenvalue weighted by molar-refractivity contribution is 9.18. The third-order valence-corrected chi connectivity index (χ3v) is 45.4. The summed E-state index contributed by atoms with van der Waals surface area (Å²) in [5.41, 5.74) is 8.99. The molecule has 4 N–H and O–H groups in total. The number of nitrogens with zero attached hydrogens (tertiary/aromatic N) is 1. The van der Waals surface area contributed by atoms with Crippen LogP contribution >= 0.6 is 433 Å². The Morgan fingerprint density at radius 1 is 0.338 bits per heavy atom. The third-order valence-electron chi connectivity index (χ3n) is 12.8. The lowest BCUT2D eigenvalue weighted by Gasteiger charge is -2.59. The second kappa shape index (κ2) is 33.3. The summed E-state index contributed by atoms with van der Waals surface area (Å²) < 4.78 is 20.1. The van der Waals surface area contributed by atoms with Gasteiger partial charge in [0, 0.05) is 162 Å². The standard InChI is InChI=1S/C48H26Br25Cl3N4/c49-20-14(21(50)31(60)40(69)30(20)59)8-47(79-6-5-78-4-3-77,7-13-1-2-19(74)46(76)45(13)75)48(9-15-22(51)32(61)41(70)33(62)23(15)52,10-16-24(53)34(63)42(71)35(64)25(16)54)80(11-17-26(55)36(65)43(72)37(66)27(17)56)12-18-28(57)38(67)44(73)39(68)29(18)58/h1-2,78-79H,3-12,77H2. The maximum absolute atomic E-state index is 7.61. The molecule has 0 radical (unpaired) electrons. The van der Waals surface area contributed by atoms with Gasteiger partial charge in [-0.25, -0.2) is 0 Å². The van der Waals surface area contributed by atoms with Crippen molar-refractivity contribution in [2.75, 3.05) is 26.2 Å². The molecule has 0 saturated heterocycles. The van der Waals surface area contributed by atoms with Crippen molar-refractivity contribution >= 4 is 433 Å². The fourth-order valence-electron chi connectivity index (χ4n) is 8.88. The minimum Gasteiger partial charge on any atom is -0.329 e. The Labute approximate surface area is 689 Å². The first-order valence-corrected chi connectivity index (χ1v) is 42.8. The van der Waals surface area contributed by atoms with Crippen LogP contribution in [-0.2, 0) is 38.8 Å². The van der Waals surface area contributed by atoms with Crippen LogP contribution in [-0.4, -0.2) is 42.2 Å². The molecule has 0 saturated carbocycles. The Morgan fingerprint density at radius 3 is 0.938 bits per heavy atom. The van der Waals surface area contributed by atoms with E-state index in [0.29, 0.717) is 55.5 Å². The maximum atomic E-state index is 7.61. The van der Waals surface area contributed by atoms with Crippen LogP contribution in [0.1, 0.15) is 33.4 Å². The average Bonchev–Trinajstić information content (AvgIpc) is 3.64. The molecule has 6 aromatic rings. The molecule has 0 aromatic heterocycles. The Morgan fingerprint density at radius 2 is 0.625 bits per heavy atom. The highest BCUT2D eigenvalue weighted by atomic mass is 79.9. The molecule has 0 aliphatic heterocycles. The van der Waals surface area contributed by atoms with E-state index in [2.05, 4.69) is 414 Å². The van der Waals surface area contributed by atoms with Gasteiger partial charge in [-0.15, -0.1) is 0 Å². The number of rotatable bonds is 20. The lowest BCUT2D eigenvalue weighted by molar-refractivity contribution is -0.0224. The van der Waals surface area contributed by atoms with Crippen molar-refractivity contribution in [3.63, 3.8) is 0 Å². The summed E-state index contributed by atoms with van der Waals surface area (Å²) in [5.74, 6) is 0. The van der Waals surface area contributed by atoms with E-state index in [4.69, 9.17) is 40.5 Å². The zero-order chi connectivity index (χ0) is 60.1. The number of nitrogens with two attached hydrogens (primary N) is 1. The first-order valence-electron chi connectivity index (χ1n) is 21.8. The van der Waals surface area contributed by atoms with Gasteiger partial charge in [0.25, 0.3) is 0 Å². The van der Waals surface area contributed by atoms with Crippen molar-refractivity contribution in [2.24, 2.45) is 5.73 Å². The monoisotopic (exact) mass is 2740 g/mol. The van der Waals surface area contributed by atoms with Crippen LogP contribution in [0.4, 0.5) is 0 Å². The van der Waals surface area contributed by atoms with Gasteiger partial charge in [-0.3, -0.25) is 4.90 Å². The van der Waals surface area contributed by atoms with E-state index in [1.165, 1.54) is 0 Å². The molecule has 0 amide bonds. The van der Waals surface area contributed by atoms with Crippen LogP contribution in [0.2, 0.25) is 15.1 Å². The number of halogens is 28. The van der Waals surface area contributed by atoms with E-state index in [-0.39, 0.29) is 24.5 Å². The van der Waals surface area contributed by atoms with Gasteiger partial charge in [-0.05, 0) is 463 Å². The Hall–Kier alpha value is 8.03. The Balaban J connectivity index is 2.07. The molecule has 4 nitrogen and oxygen atoms in total. The van der Waals surface area contributed by atoms with Crippen LogP contribution in [0.5, 0.6) is 0 Å². The molecule has 80 heavy (non-hydrogen) atoms. The Bertz CT molecular complexity index is 3170. The van der Waals surface area contributed by atoms with E-state index < -0.39 is 11.1 Å². The number of hydrogen-bond acceptors (Lipinski definition) is 4. The number of hydrogen-bond donors (Lipinski definition) is 3. The molecular formula is C48H26Br25Cl3N4. The summed E-state index contributed by atoms with van der Waals surface area (Å²) >= 11 is 122. The minimum atomic E-state index is -1.24. The highest BCUT2D eigenvalue weighted by Gasteiger charge is 2.57. The lowest BCUT2D eigenvalue weighted by atomic mass is 9.62. The van der Waals surface area contributed by atoms with E-state index in [1.54, 1.807) is 6.07 Å². The SMILES string of the molecule is NCCNCCNC(Cc1ccc(Cl)c(Cl)c1Cl)(Cc1c(Br)c(Br)c(Br)c(Br)c1Br)C(Cc1c(Br)c(Br)c(Br)c(Br)c1Br)(Cc1c(Br)c(Br)c(Br)c(Br)c1Br)N(Cc1c(Br)c(Br)c(Br)c(Br)c1Br)Cc1c(Br)c(Br)c(Br)c(Br)c1Br. The Kier molecular flexibility index (Phi) is 32.1. The molecule has 0 aliphatic rings. The molecule has 434 valence electrons. The normalized spacial score (nSPS) is 12.9.